The molecule has 6 nitrogen and oxygen atoms in total. The third-order valence-electron chi connectivity index (χ3n) is 5.03. The lowest BCUT2D eigenvalue weighted by atomic mass is 9.78. The zero-order valence-corrected chi connectivity index (χ0v) is 14.0. The summed E-state index contributed by atoms with van der Waals surface area (Å²) in [6, 6.07) is 10.7. The molecule has 0 radical (unpaired) electrons. The van der Waals surface area contributed by atoms with Crippen LogP contribution in [-0.2, 0) is 11.3 Å². The van der Waals surface area contributed by atoms with E-state index in [1.165, 1.54) is 5.56 Å². The molecule has 0 aliphatic carbocycles. The first-order valence-corrected chi connectivity index (χ1v) is 8.79. The van der Waals surface area contributed by atoms with Crippen LogP contribution in [0.25, 0.3) is 0 Å². The molecule has 2 aliphatic heterocycles. The van der Waals surface area contributed by atoms with Crippen LogP contribution in [0.2, 0.25) is 0 Å². The van der Waals surface area contributed by atoms with E-state index in [0.717, 1.165) is 32.5 Å². The number of nitrogens with one attached hydrogen (secondary N) is 1. The van der Waals surface area contributed by atoms with Crippen LogP contribution in [0.3, 0.4) is 0 Å². The first kappa shape index (κ1) is 17.4. The van der Waals surface area contributed by atoms with Gasteiger partial charge in [-0.05, 0) is 24.8 Å². The SMILES string of the molecule is O=C(CN[C@H]1CCN(Cc2ccccc2)C1)N1CCC[C@H]1B(O)O. The maximum Gasteiger partial charge on any atom is 0.475 e. The van der Waals surface area contributed by atoms with Crippen LogP contribution in [0.4, 0.5) is 0 Å². The number of rotatable bonds is 6. The molecule has 2 heterocycles. The standard InChI is InChI=1S/C17H26BN3O3/c22-17(21-9-4-7-16(21)18(23)24)11-19-15-8-10-20(13-15)12-14-5-2-1-3-6-14/h1-3,5-6,15-16,19,23-24H,4,7-13H2/t15-,16-/m0/s1. The predicted octanol–water partition coefficient (Wildman–Crippen LogP) is -0.147. The van der Waals surface area contributed by atoms with E-state index in [4.69, 9.17) is 0 Å². The highest BCUT2D eigenvalue weighted by Gasteiger charge is 2.36. The molecule has 1 aromatic carbocycles. The van der Waals surface area contributed by atoms with E-state index in [1.54, 1.807) is 4.90 Å². The average Bonchev–Trinajstić information content (AvgIpc) is 3.23. The number of hydrogen-bond donors (Lipinski definition) is 3. The normalized spacial score (nSPS) is 24.5. The molecule has 3 N–H and O–H groups in total. The zero-order chi connectivity index (χ0) is 16.9. The van der Waals surface area contributed by atoms with E-state index >= 15 is 0 Å². The van der Waals surface area contributed by atoms with Gasteiger partial charge in [-0.25, -0.2) is 0 Å². The summed E-state index contributed by atoms with van der Waals surface area (Å²) < 4.78 is 0. The van der Waals surface area contributed by atoms with E-state index in [9.17, 15) is 14.8 Å². The molecule has 0 unspecified atom stereocenters. The van der Waals surface area contributed by atoms with Crippen molar-refractivity contribution in [2.45, 2.75) is 37.8 Å². The fourth-order valence-electron chi connectivity index (χ4n) is 3.73. The molecule has 0 spiro atoms. The molecular formula is C17H26BN3O3. The second kappa shape index (κ2) is 8.12. The van der Waals surface area contributed by atoms with Gasteiger partial charge in [0.25, 0.3) is 0 Å². The van der Waals surface area contributed by atoms with Gasteiger partial charge in [0.15, 0.2) is 0 Å². The largest absolute Gasteiger partial charge is 0.475 e. The fourth-order valence-corrected chi connectivity index (χ4v) is 3.73. The summed E-state index contributed by atoms with van der Waals surface area (Å²) in [6.07, 6.45) is 2.53. The minimum atomic E-state index is -1.44. The van der Waals surface area contributed by atoms with E-state index in [-0.39, 0.29) is 12.5 Å². The van der Waals surface area contributed by atoms with Gasteiger partial charge in [0.1, 0.15) is 0 Å². The van der Waals surface area contributed by atoms with Crippen molar-refractivity contribution in [1.29, 1.82) is 0 Å². The topological polar surface area (TPSA) is 76.0 Å². The van der Waals surface area contributed by atoms with Gasteiger partial charge in [0.2, 0.25) is 5.91 Å². The van der Waals surface area contributed by atoms with Gasteiger partial charge < -0.3 is 20.3 Å². The molecule has 130 valence electrons. The van der Waals surface area contributed by atoms with Crippen molar-refractivity contribution < 1.29 is 14.8 Å². The Morgan fingerprint density at radius 1 is 1.21 bits per heavy atom. The van der Waals surface area contributed by atoms with Crippen LogP contribution in [-0.4, -0.2) is 71.0 Å². The first-order chi connectivity index (χ1) is 11.6. The van der Waals surface area contributed by atoms with Gasteiger partial charge in [0.05, 0.1) is 12.5 Å². The van der Waals surface area contributed by atoms with Gasteiger partial charge in [-0.15, -0.1) is 0 Å². The van der Waals surface area contributed by atoms with Crippen LogP contribution in [0.15, 0.2) is 30.3 Å². The second-order valence-corrected chi connectivity index (χ2v) is 6.80. The Bertz CT molecular complexity index is 543. The van der Waals surface area contributed by atoms with Gasteiger partial charge in [0, 0.05) is 32.2 Å². The summed E-state index contributed by atoms with van der Waals surface area (Å²) in [7, 11) is -1.44. The van der Waals surface area contributed by atoms with Crippen LogP contribution < -0.4 is 5.32 Å². The Morgan fingerprint density at radius 2 is 2.00 bits per heavy atom. The molecule has 2 fully saturated rings. The average molecular weight is 331 g/mol. The molecule has 2 atom stereocenters. The predicted molar refractivity (Wildman–Crippen MR) is 93.1 cm³/mol. The van der Waals surface area contributed by atoms with Crippen molar-refractivity contribution in [3.63, 3.8) is 0 Å². The van der Waals surface area contributed by atoms with Crippen LogP contribution in [0.1, 0.15) is 24.8 Å². The van der Waals surface area contributed by atoms with Gasteiger partial charge >= 0.3 is 7.12 Å². The number of carbonyl (C=O) groups is 1. The Labute approximate surface area is 143 Å². The van der Waals surface area contributed by atoms with Crippen molar-refractivity contribution >= 4 is 13.0 Å². The van der Waals surface area contributed by atoms with E-state index < -0.39 is 13.1 Å². The molecule has 2 saturated heterocycles. The first-order valence-electron chi connectivity index (χ1n) is 8.79. The van der Waals surface area contributed by atoms with Crippen molar-refractivity contribution in [3.8, 4) is 0 Å². The molecule has 1 amide bonds. The summed E-state index contributed by atoms with van der Waals surface area (Å²) in [5.74, 6) is -0.482. The van der Waals surface area contributed by atoms with E-state index in [2.05, 4.69) is 34.5 Å². The molecule has 2 aliphatic rings. The molecule has 1 aromatic rings. The van der Waals surface area contributed by atoms with Gasteiger partial charge in [-0.3, -0.25) is 9.69 Å². The summed E-state index contributed by atoms with van der Waals surface area (Å²) in [4.78, 5) is 16.3. The van der Waals surface area contributed by atoms with Crippen LogP contribution >= 0.6 is 0 Å². The number of hydrogen-bond acceptors (Lipinski definition) is 5. The maximum atomic E-state index is 12.3. The number of likely N-dealkylation sites (tertiary alicyclic amines) is 2. The smallest absolute Gasteiger partial charge is 0.426 e. The highest BCUT2D eigenvalue weighted by molar-refractivity contribution is 6.43. The summed E-state index contributed by atoms with van der Waals surface area (Å²) in [6.45, 7) is 3.80. The van der Waals surface area contributed by atoms with Gasteiger partial charge in [-0.2, -0.15) is 0 Å². The van der Waals surface area contributed by atoms with Crippen LogP contribution in [0, 0.1) is 0 Å². The Hall–Kier alpha value is -1.41. The molecule has 7 heteroatoms. The lowest BCUT2D eigenvalue weighted by Crippen LogP contribution is -2.49. The lowest BCUT2D eigenvalue weighted by molar-refractivity contribution is -0.130. The molecule has 3 rings (SSSR count). The van der Waals surface area contributed by atoms with Crippen molar-refractivity contribution in [2.24, 2.45) is 0 Å². The second-order valence-electron chi connectivity index (χ2n) is 6.80. The Morgan fingerprint density at radius 3 is 2.75 bits per heavy atom. The molecule has 0 bridgehead atoms. The summed E-state index contributed by atoms with van der Waals surface area (Å²) >= 11 is 0. The van der Waals surface area contributed by atoms with Crippen LogP contribution in [0.5, 0.6) is 0 Å². The summed E-state index contributed by atoms with van der Waals surface area (Å²) in [5.41, 5.74) is 1.31. The molecule has 0 aromatic heterocycles. The lowest BCUT2D eigenvalue weighted by Gasteiger charge is -2.25. The molecule has 0 saturated carbocycles. The molecular weight excluding hydrogens is 305 g/mol. The fraction of sp³-hybridized carbons (Fsp3) is 0.588. The third-order valence-corrected chi connectivity index (χ3v) is 5.03. The van der Waals surface area contributed by atoms with Crippen molar-refractivity contribution in [1.82, 2.24) is 15.1 Å². The van der Waals surface area contributed by atoms with E-state index in [1.807, 2.05) is 6.07 Å². The maximum absolute atomic E-state index is 12.3. The number of nitrogens with zero attached hydrogens (tertiary/aromatic N) is 2. The van der Waals surface area contributed by atoms with Crippen molar-refractivity contribution in [3.05, 3.63) is 35.9 Å². The third kappa shape index (κ3) is 4.36. The monoisotopic (exact) mass is 331 g/mol. The minimum Gasteiger partial charge on any atom is -0.426 e. The Balaban J connectivity index is 1.42. The number of amides is 1. The number of benzene rings is 1. The quantitative estimate of drug-likeness (QED) is 0.633. The summed E-state index contributed by atoms with van der Waals surface area (Å²) in [5, 5.41) is 22.1. The molecule has 24 heavy (non-hydrogen) atoms. The highest BCUT2D eigenvalue weighted by atomic mass is 16.4. The van der Waals surface area contributed by atoms with E-state index in [0.29, 0.717) is 19.0 Å². The minimum absolute atomic E-state index is 0.0351. The zero-order valence-electron chi connectivity index (χ0n) is 14.0. The Kier molecular flexibility index (Phi) is 5.89. The number of carbonyl (C=O) groups excluding carboxylic acids is 1. The highest BCUT2D eigenvalue weighted by Crippen LogP contribution is 2.18. The van der Waals surface area contributed by atoms with Gasteiger partial charge in [-0.1, -0.05) is 30.3 Å². The van der Waals surface area contributed by atoms with Crippen molar-refractivity contribution in [2.75, 3.05) is 26.2 Å².